The van der Waals surface area contributed by atoms with Gasteiger partial charge in [-0.1, -0.05) is 18.2 Å². The van der Waals surface area contributed by atoms with Gasteiger partial charge >= 0.3 is 0 Å². The molecule has 0 amide bonds. The summed E-state index contributed by atoms with van der Waals surface area (Å²) in [4.78, 5) is 1.11. The van der Waals surface area contributed by atoms with Gasteiger partial charge in [0.1, 0.15) is 5.82 Å². The summed E-state index contributed by atoms with van der Waals surface area (Å²) < 4.78 is 13.0. The average Bonchev–Trinajstić information content (AvgIpc) is 2.38. The smallest absolute Gasteiger partial charge is 0.123 e. The number of halogens is 1. The van der Waals surface area contributed by atoms with Gasteiger partial charge in [-0.25, -0.2) is 4.39 Å². The first-order chi connectivity index (χ1) is 9.06. The van der Waals surface area contributed by atoms with E-state index in [0.29, 0.717) is 0 Å². The standard InChI is InChI=1S/C16H17FOS/c1-11-8-15(17)7-6-14(11)10-19-16-5-3-4-13(9-16)12(2)18/h3-9,12,18H,10H2,1-2H3. The SMILES string of the molecule is Cc1cc(F)ccc1CSc1cccc(C(C)O)c1. The molecule has 1 N–H and O–H groups in total. The van der Waals surface area contributed by atoms with Crippen LogP contribution in [0.4, 0.5) is 4.39 Å². The fraction of sp³-hybridized carbons (Fsp3) is 0.250. The van der Waals surface area contributed by atoms with Crippen LogP contribution in [0.1, 0.15) is 29.7 Å². The molecule has 0 saturated carbocycles. The Hall–Kier alpha value is -1.32. The van der Waals surface area contributed by atoms with Crippen molar-refractivity contribution in [3.8, 4) is 0 Å². The minimum Gasteiger partial charge on any atom is -0.389 e. The molecular weight excluding hydrogens is 259 g/mol. The third-order valence-electron chi connectivity index (χ3n) is 3.04. The zero-order chi connectivity index (χ0) is 13.8. The van der Waals surface area contributed by atoms with Gasteiger partial charge in [-0.05, 0) is 54.8 Å². The number of aliphatic hydroxyl groups excluding tert-OH is 1. The van der Waals surface area contributed by atoms with Crippen LogP contribution in [0.2, 0.25) is 0 Å². The second kappa shape index (κ2) is 6.22. The first kappa shape index (κ1) is 14.1. The fourth-order valence-corrected chi connectivity index (χ4v) is 2.89. The van der Waals surface area contributed by atoms with Crippen LogP contribution < -0.4 is 0 Å². The molecule has 0 radical (unpaired) electrons. The van der Waals surface area contributed by atoms with Crippen molar-refractivity contribution in [1.29, 1.82) is 0 Å². The molecule has 19 heavy (non-hydrogen) atoms. The molecule has 0 saturated heterocycles. The van der Waals surface area contributed by atoms with Crippen molar-refractivity contribution in [2.45, 2.75) is 30.6 Å². The number of hydrogen-bond donors (Lipinski definition) is 1. The third-order valence-corrected chi connectivity index (χ3v) is 4.08. The largest absolute Gasteiger partial charge is 0.389 e. The number of aliphatic hydroxyl groups is 1. The molecule has 100 valence electrons. The maximum atomic E-state index is 13.0. The highest BCUT2D eigenvalue weighted by Crippen LogP contribution is 2.26. The quantitative estimate of drug-likeness (QED) is 0.831. The third kappa shape index (κ3) is 3.82. The van der Waals surface area contributed by atoms with E-state index in [-0.39, 0.29) is 5.82 Å². The molecule has 0 fully saturated rings. The second-order valence-corrected chi connectivity index (χ2v) is 5.66. The predicted octanol–water partition coefficient (Wildman–Crippen LogP) is 4.48. The zero-order valence-electron chi connectivity index (χ0n) is 11.1. The molecule has 0 bridgehead atoms. The van der Waals surface area contributed by atoms with Crippen LogP contribution in [0, 0.1) is 12.7 Å². The van der Waals surface area contributed by atoms with Crippen molar-refractivity contribution < 1.29 is 9.50 Å². The molecule has 3 heteroatoms. The molecule has 0 aliphatic rings. The van der Waals surface area contributed by atoms with Gasteiger partial charge in [-0.15, -0.1) is 11.8 Å². The molecule has 0 aliphatic carbocycles. The van der Waals surface area contributed by atoms with Crippen molar-refractivity contribution in [1.82, 2.24) is 0 Å². The van der Waals surface area contributed by atoms with Crippen molar-refractivity contribution in [2.24, 2.45) is 0 Å². The van der Waals surface area contributed by atoms with Crippen LogP contribution in [0.15, 0.2) is 47.4 Å². The van der Waals surface area contributed by atoms with Crippen LogP contribution in [0.3, 0.4) is 0 Å². The van der Waals surface area contributed by atoms with E-state index in [2.05, 4.69) is 0 Å². The van der Waals surface area contributed by atoms with E-state index >= 15 is 0 Å². The summed E-state index contributed by atoms with van der Waals surface area (Å²) >= 11 is 1.69. The molecular formula is C16H17FOS. The molecule has 1 unspecified atom stereocenters. The van der Waals surface area contributed by atoms with E-state index in [1.807, 2.05) is 37.3 Å². The van der Waals surface area contributed by atoms with Crippen LogP contribution in [-0.2, 0) is 5.75 Å². The normalized spacial score (nSPS) is 12.4. The highest BCUT2D eigenvalue weighted by atomic mass is 32.2. The molecule has 0 aliphatic heterocycles. The molecule has 0 spiro atoms. The summed E-state index contributed by atoms with van der Waals surface area (Å²) in [6, 6.07) is 12.8. The lowest BCUT2D eigenvalue weighted by Gasteiger charge is -2.09. The van der Waals surface area contributed by atoms with Gasteiger partial charge in [-0.2, -0.15) is 0 Å². The van der Waals surface area contributed by atoms with Crippen LogP contribution in [-0.4, -0.2) is 5.11 Å². The maximum Gasteiger partial charge on any atom is 0.123 e. The summed E-state index contributed by atoms with van der Waals surface area (Å²) in [7, 11) is 0. The van der Waals surface area contributed by atoms with Crippen molar-refractivity contribution >= 4 is 11.8 Å². The molecule has 2 aromatic rings. The summed E-state index contributed by atoms with van der Waals surface area (Å²) in [5.41, 5.74) is 3.02. The minimum absolute atomic E-state index is 0.192. The van der Waals surface area contributed by atoms with E-state index in [1.54, 1.807) is 24.8 Å². The predicted molar refractivity (Wildman–Crippen MR) is 77.8 cm³/mol. The Morgan fingerprint density at radius 2 is 2.00 bits per heavy atom. The lowest BCUT2D eigenvalue weighted by Crippen LogP contribution is -1.91. The Labute approximate surface area is 117 Å². The van der Waals surface area contributed by atoms with Gasteiger partial charge in [0, 0.05) is 10.6 Å². The number of rotatable bonds is 4. The Morgan fingerprint density at radius 3 is 2.68 bits per heavy atom. The summed E-state index contributed by atoms with van der Waals surface area (Å²) in [6.45, 7) is 3.68. The van der Waals surface area contributed by atoms with Gasteiger partial charge in [0.2, 0.25) is 0 Å². The van der Waals surface area contributed by atoms with Gasteiger partial charge in [0.05, 0.1) is 6.10 Å². The molecule has 2 aromatic carbocycles. The molecule has 2 rings (SSSR count). The van der Waals surface area contributed by atoms with Gasteiger partial charge in [-0.3, -0.25) is 0 Å². The number of hydrogen-bond acceptors (Lipinski definition) is 2. The van der Waals surface area contributed by atoms with Gasteiger partial charge in [0.25, 0.3) is 0 Å². The monoisotopic (exact) mass is 276 g/mol. The lowest BCUT2D eigenvalue weighted by molar-refractivity contribution is 0.199. The van der Waals surface area contributed by atoms with Crippen LogP contribution >= 0.6 is 11.8 Å². The van der Waals surface area contributed by atoms with Crippen molar-refractivity contribution in [3.63, 3.8) is 0 Å². The van der Waals surface area contributed by atoms with E-state index in [9.17, 15) is 9.50 Å². The first-order valence-corrected chi connectivity index (χ1v) is 7.20. The Morgan fingerprint density at radius 1 is 1.21 bits per heavy atom. The molecule has 0 aromatic heterocycles. The number of aryl methyl sites for hydroxylation is 1. The molecule has 1 nitrogen and oxygen atoms in total. The van der Waals surface area contributed by atoms with Crippen molar-refractivity contribution in [3.05, 3.63) is 65.0 Å². The lowest BCUT2D eigenvalue weighted by atomic mass is 10.1. The van der Waals surface area contributed by atoms with E-state index in [4.69, 9.17) is 0 Å². The Kier molecular flexibility index (Phi) is 4.61. The fourth-order valence-electron chi connectivity index (χ4n) is 1.85. The summed E-state index contributed by atoms with van der Waals surface area (Å²) in [5.74, 6) is 0.609. The van der Waals surface area contributed by atoms with Crippen molar-refractivity contribution in [2.75, 3.05) is 0 Å². The van der Waals surface area contributed by atoms with Gasteiger partial charge < -0.3 is 5.11 Å². The number of thioether (sulfide) groups is 1. The Balaban J connectivity index is 2.08. The van der Waals surface area contributed by atoms with Gasteiger partial charge in [0.15, 0.2) is 0 Å². The minimum atomic E-state index is -0.451. The highest BCUT2D eigenvalue weighted by molar-refractivity contribution is 7.98. The van der Waals surface area contributed by atoms with E-state index in [1.165, 1.54) is 6.07 Å². The summed E-state index contributed by atoms with van der Waals surface area (Å²) in [6.07, 6.45) is -0.451. The van der Waals surface area contributed by atoms with E-state index < -0.39 is 6.10 Å². The number of benzene rings is 2. The highest BCUT2D eigenvalue weighted by Gasteiger charge is 2.04. The van der Waals surface area contributed by atoms with Crippen LogP contribution in [0.25, 0.3) is 0 Å². The second-order valence-electron chi connectivity index (χ2n) is 4.61. The Bertz CT molecular complexity index is 566. The molecule has 0 heterocycles. The molecule has 1 atom stereocenters. The first-order valence-electron chi connectivity index (χ1n) is 6.22. The topological polar surface area (TPSA) is 20.2 Å². The summed E-state index contributed by atoms with van der Waals surface area (Å²) in [5, 5.41) is 9.56. The van der Waals surface area contributed by atoms with E-state index in [0.717, 1.165) is 27.3 Å². The van der Waals surface area contributed by atoms with Crippen LogP contribution in [0.5, 0.6) is 0 Å². The average molecular weight is 276 g/mol. The maximum absolute atomic E-state index is 13.0. The zero-order valence-corrected chi connectivity index (χ0v) is 11.9.